The number of hydrogen-bond acceptors (Lipinski definition) is 4. The van der Waals surface area contributed by atoms with Crippen LogP contribution in [0.1, 0.15) is 55.6 Å². The molecule has 1 heterocycles. The highest BCUT2D eigenvalue weighted by molar-refractivity contribution is 5.45. The van der Waals surface area contributed by atoms with E-state index in [-0.39, 0.29) is 0 Å². The number of nitrogen functional groups attached to an aromatic ring is 1. The molecular formula is C12H20N4. The fourth-order valence-electron chi connectivity index (χ4n) is 2.53. The Bertz CT molecular complexity index is 370. The molecule has 0 aromatic carbocycles. The zero-order chi connectivity index (χ0) is 11.5. The molecule has 88 valence electrons. The third kappa shape index (κ3) is 2.02. The van der Waals surface area contributed by atoms with E-state index >= 15 is 0 Å². The van der Waals surface area contributed by atoms with Gasteiger partial charge in [0.15, 0.2) is 0 Å². The van der Waals surface area contributed by atoms with Gasteiger partial charge in [0.25, 0.3) is 0 Å². The number of aromatic nitrogens is 2. The highest BCUT2D eigenvalue weighted by atomic mass is 15.3. The van der Waals surface area contributed by atoms with Gasteiger partial charge in [-0.15, -0.1) is 0 Å². The van der Waals surface area contributed by atoms with E-state index in [1.165, 1.54) is 25.7 Å². The zero-order valence-electron chi connectivity index (χ0n) is 10.1. The quantitative estimate of drug-likeness (QED) is 0.606. The lowest BCUT2D eigenvalue weighted by Crippen LogP contribution is -2.15. The maximum Gasteiger partial charge on any atom is 0.147 e. The third-order valence-electron chi connectivity index (χ3n) is 3.44. The van der Waals surface area contributed by atoms with E-state index in [2.05, 4.69) is 22.3 Å². The van der Waals surface area contributed by atoms with Gasteiger partial charge in [-0.2, -0.15) is 0 Å². The van der Waals surface area contributed by atoms with Gasteiger partial charge in [-0.05, 0) is 26.2 Å². The minimum atomic E-state index is 0.539. The van der Waals surface area contributed by atoms with Gasteiger partial charge in [0.2, 0.25) is 0 Å². The first-order chi connectivity index (χ1) is 7.76. The van der Waals surface area contributed by atoms with Crippen LogP contribution in [0.15, 0.2) is 0 Å². The van der Waals surface area contributed by atoms with Gasteiger partial charge in [-0.1, -0.05) is 19.8 Å². The molecule has 0 amide bonds. The predicted octanol–water partition coefficient (Wildman–Crippen LogP) is 2.29. The fourth-order valence-corrected chi connectivity index (χ4v) is 2.53. The summed E-state index contributed by atoms with van der Waals surface area (Å²) in [6.07, 6.45) is 5.95. The van der Waals surface area contributed by atoms with Gasteiger partial charge in [0.05, 0.1) is 0 Å². The number of nitrogens with one attached hydrogen (secondary N) is 1. The highest BCUT2D eigenvalue weighted by Gasteiger charge is 2.21. The Hall–Kier alpha value is -1.16. The van der Waals surface area contributed by atoms with E-state index in [0.29, 0.717) is 5.92 Å². The fraction of sp³-hybridized carbons (Fsp3) is 0.667. The molecule has 1 aliphatic rings. The average Bonchev–Trinajstić information content (AvgIpc) is 2.81. The molecule has 0 aliphatic heterocycles. The summed E-state index contributed by atoms with van der Waals surface area (Å²) in [4.78, 5) is 9.19. The maximum atomic E-state index is 5.52. The SMILES string of the molecule is CCc1c(C)nc(C2CCCC2)nc1NN. The molecule has 1 aromatic rings. The maximum absolute atomic E-state index is 5.52. The van der Waals surface area contributed by atoms with Crippen molar-refractivity contribution in [1.82, 2.24) is 9.97 Å². The van der Waals surface area contributed by atoms with Crippen molar-refractivity contribution in [2.45, 2.75) is 51.9 Å². The topological polar surface area (TPSA) is 63.8 Å². The highest BCUT2D eigenvalue weighted by Crippen LogP contribution is 2.33. The molecule has 16 heavy (non-hydrogen) atoms. The number of hydrogen-bond donors (Lipinski definition) is 2. The summed E-state index contributed by atoms with van der Waals surface area (Å²) in [6, 6.07) is 0. The Morgan fingerprint density at radius 3 is 2.56 bits per heavy atom. The van der Waals surface area contributed by atoms with Gasteiger partial charge >= 0.3 is 0 Å². The lowest BCUT2D eigenvalue weighted by molar-refractivity contribution is 0.662. The number of aryl methyl sites for hydroxylation is 1. The molecule has 1 aliphatic carbocycles. The zero-order valence-corrected chi connectivity index (χ0v) is 10.1. The summed E-state index contributed by atoms with van der Waals surface area (Å²) >= 11 is 0. The van der Waals surface area contributed by atoms with E-state index in [4.69, 9.17) is 5.84 Å². The Balaban J connectivity index is 2.36. The van der Waals surface area contributed by atoms with E-state index in [0.717, 1.165) is 29.3 Å². The van der Waals surface area contributed by atoms with E-state index in [1.54, 1.807) is 0 Å². The van der Waals surface area contributed by atoms with Crippen LogP contribution >= 0.6 is 0 Å². The van der Waals surface area contributed by atoms with Crippen LogP contribution in [0.4, 0.5) is 5.82 Å². The van der Waals surface area contributed by atoms with Crippen LogP contribution in [0, 0.1) is 6.92 Å². The molecule has 1 fully saturated rings. The lowest BCUT2D eigenvalue weighted by atomic mass is 10.1. The Kier molecular flexibility index (Phi) is 3.39. The summed E-state index contributed by atoms with van der Waals surface area (Å²) in [5.41, 5.74) is 4.89. The lowest BCUT2D eigenvalue weighted by Gasteiger charge is -2.14. The van der Waals surface area contributed by atoms with Crippen molar-refractivity contribution < 1.29 is 0 Å². The van der Waals surface area contributed by atoms with Crippen LogP contribution < -0.4 is 11.3 Å². The van der Waals surface area contributed by atoms with Crippen LogP contribution in [0.2, 0.25) is 0 Å². The van der Waals surface area contributed by atoms with Crippen molar-refractivity contribution in [3.8, 4) is 0 Å². The van der Waals surface area contributed by atoms with Crippen molar-refractivity contribution in [1.29, 1.82) is 0 Å². The van der Waals surface area contributed by atoms with E-state index in [1.807, 2.05) is 6.92 Å². The van der Waals surface area contributed by atoms with Crippen molar-refractivity contribution in [3.63, 3.8) is 0 Å². The molecule has 0 spiro atoms. The second-order valence-electron chi connectivity index (χ2n) is 4.47. The number of hydrazine groups is 1. The van der Waals surface area contributed by atoms with Crippen LogP contribution in [-0.4, -0.2) is 9.97 Å². The molecule has 0 radical (unpaired) electrons. The molecular weight excluding hydrogens is 200 g/mol. The molecule has 1 saturated carbocycles. The predicted molar refractivity (Wildman–Crippen MR) is 65.2 cm³/mol. The van der Waals surface area contributed by atoms with Crippen molar-refractivity contribution in [2.24, 2.45) is 5.84 Å². The van der Waals surface area contributed by atoms with E-state index < -0.39 is 0 Å². The number of rotatable bonds is 3. The standard InChI is InChI=1S/C12H20N4/c1-3-10-8(2)14-11(15-12(10)16-13)9-6-4-5-7-9/h9H,3-7,13H2,1-2H3,(H,14,15,16). The first-order valence-corrected chi connectivity index (χ1v) is 6.10. The van der Waals surface area contributed by atoms with Crippen LogP contribution in [0.5, 0.6) is 0 Å². The summed E-state index contributed by atoms with van der Waals surface area (Å²) in [5, 5.41) is 0. The van der Waals surface area contributed by atoms with Gasteiger partial charge < -0.3 is 5.43 Å². The third-order valence-corrected chi connectivity index (χ3v) is 3.44. The van der Waals surface area contributed by atoms with Crippen LogP contribution in [-0.2, 0) is 6.42 Å². The van der Waals surface area contributed by atoms with Crippen molar-refractivity contribution >= 4 is 5.82 Å². The summed E-state index contributed by atoms with van der Waals surface area (Å²) < 4.78 is 0. The summed E-state index contributed by atoms with van der Waals surface area (Å²) in [5.74, 6) is 7.84. The minimum Gasteiger partial charge on any atom is -0.308 e. The molecule has 0 bridgehead atoms. The number of nitrogens with two attached hydrogens (primary N) is 1. The van der Waals surface area contributed by atoms with Gasteiger partial charge in [-0.25, -0.2) is 15.8 Å². The normalized spacial score (nSPS) is 16.7. The number of nitrogens with zero attached hydrogens (tertiary/aromatic N) is 2. The molecule has 4 heteroatoms. The first-order valence-electron chi connectivity index (χ1n) is 6.10. The minimum absolute atomic E-state index is 0.539. The molecule has 4 nitrogen and oxygen atoms in total. The van der Waals surface area contributed by atoms with Crippen LogP contribution in [0.25, 0.3) is 0 Å². The Labute approximate surface area is 96.6 Å². The second kappa shape index (κ2) is 4.78. The Morgan fingerprint density at radius 2 is 2.00 bits per heavy atom. The molecule has 3 N–H and O–H groups in total. The monoisotopic (exact) mass is 220 g/mol. The largest absolute Gasteiger partial charge is 0.308 e. The summed E-state index contributed by atoms with van der Waals surface area (Å²) in [7, 11) is 0. The van der Waals surface area contributed by atoms with Crippen molar-refractivity contribution in [3.05, 3.63) is 17.1 Å². The van der Waals surface area contributed by atoms with Gasteiger partial charge in [0, 0.05) is 17.2 Å². The second-order valence-corrected chi connectivity index (χ2v) is 4.47. The number of anilines is 1. The summed E-state index contributed by atoms with van der Waals surface area (Å²) in [6.45, 7) is 4.14. The molecule has 0 atom stereocenters. The first kappa shape index (κ1) is 11.3. The molecule has 2 rings (SSSR count). The smallest absolute Gasteiger partial charge is 0.147 e. The average molecular weight is 220 g/mol. The Morgan fingerprint density at radius 1 is 1.31 bits per heavy atom. The van der Waals surface area contributed by atoms with Crippen LogP contribution in [0.3, 0.4) is 0 Å². The van der Waals surface area contributed by atoms with Gasteiger partial charge in [-0.3, -0.25) is 0 Å². The molecule has 0 unspecified atom stereocenters. The van der Waals surface area contributed by atoms with Crippen molar-refractivity contribution in [2.75, 3.05) is 5.43 Å². The molecule has 0 saturated heterocycles. The van der Waals surface area contributed by atoms with Gasteiger partial charge in [0.1, 0.15) is 11.6 Å². The van der Waals surface area contributed by atoms with E-state index in [9.17, 15) is 0 Å². The molecule has 1 aromatic heterocycles.